The molecule has 0 aromatic carbocycles. The van der Waals surface area contributed by atoms with Crippen LogP contribution in [0.25, 0.3) is 0 Å². The van der Waals surface area contributed by atoms with E-state index in [0.717, 1.165) is 6.42 Å². The number of hydroxylamine groups is 2. The highest BCUT2D eigenvalue weighted by atomic mass is 16.7. The number of imide groups is 1. The van der Waals surface area contributed by atoms with Crippen molar-refractivity contribution in [3.63, 3.8) is 0 Å². The average Bonchev–Trinajstić information content (AvgIpc) is 2.58. The molecular weight excluding hydrogens is 226 g/mol. The molecule has 2 amide bonds. The van der Waals surface area contributed by atoms with Crippen LogP contribution in [-0.2, 0) is 24.0 Å². The maximum absolute atomic E-state index is 11.3. The van der Waals surface area contributed by atoms with Gasteiger partial charge >= 0.3 is 5.97 Å². The van der Waals surface area contributed by atoms with E-state index in [2.05, 4.69) is 4.84 Å². The summed E-state index contributed by atoms with van der Waals surface area (Å²) in [5, 5.41) is 0.493. The Morgan fingerprint density at radius 1 is 1.12 bits per heavy atom. The van der Waals surface area contributed by atoms with Gasteiger partial charge in [0.15, 0.2) is 0 Å². The van der Waals surface area contributed by atoms with Gasteiger partial charge < -0.3 is 4.84 Å². The minimum atomic E-state index is -0.724. The van der Waals surface area contributed by atoms with E-state index in [1.54, 1.807) is 0 Å². The lowest BCUT2D eigenvalue weighted by molar-refractivity contribution is -0.197. The number of hydrogen-bond acceptors (Lipinski definition) is 5. The summed E-state index contributed by atoms with van der Waals surface area (Å²) in [6.07, 6.45) is 1.28. The number of rotatable bonds is 6. The second-order valence-electron chi connectivity index (χ2n) is 3.83. The van der Waals surface area contributed by atoms with E-state index >= 15 is 0 Å². The predicted octanol–water partition coefficient (Wildman–Crippen LogP) is 0.743. The van der Waals surface area contributed by atoms with E-state index < -0.39 is 17.8 Å². The van der Waals surface area contributed by atoms with Crippen molar-refractivity contribution in [3.05, 3.63) is 0 Å². The van der Waals surface area contributed by atoms with Crippen LogP contribution in [0.15, 0.2) is 0 Å². The number of carbonyl (C=O) groups excluding carboxylic acids is 4. The fourth-order valence-electron chi connectivity index (χ4n) is 1.45. The van der Waals surface area contributed by atoms with E-state index in [0.29, 0.717) is 11.5 Å². The molecule has 6 heteroatoms. The molecular formula is C11H15NO5. The van der Waals surface area contributed by atoms with Crippen molar-refractivity contribution in [2.24, 2.45) is 0 Å². The molecule has 0 N–H and O–H groups in total. The van der Waals surface area contributed by atoms with Gasteiger partial charge in [0.2, 0.25) is 0 Å². The first kappa shape index (κ1) is 13.3. The molecule has 1 rings (SSSR count). The second-order valence-corrected chi connectivity index (χ2v) is 3.83. The summed E-state index contributed by atoms with van der Waals surface area (Å²) in [7, 11) is 0. The Morgan fingerprint density at radius 2 is 1.71 bits per heavy atom. The van der Waals surface area contributed by atoms with Crippen molar-refractivity contribution in [3.8, 4) is 0 Å². The van der Waals surface area contributed by atoms with Crippen LogP contribution in [0, 0.1) is 0 Å². The lowest BCUT2D eigenvalue weighted by atomic mass is 10.1. The average molecular weight is 241 g/mol. The van der Waals surface area contributed by atoms with E-state index in [1.165, 1.54) is 0 Å². The Labute approximate surface area is 98.9 Å². The molecule has 1 heterocycles. The third-order valence-corrected chi connectivity index (χ3v) is 2.34. The van der Waals surface area contributed by atoms with Crippen LogP contribution in [0.5, 0.6) is 0 Å². The molecule has 6 nitrogen and oxygen atoms in total. The van der Waals surface area contributed by atoms with Gasteiger partial charge in [-0.1, -0.05) is 6.92 Å². The van der Waals surface area contributed by atoms with Gasteiger partial charge in [0.25, 0.3) is 11.8 Å². The predicted molar refractivity (Wildman–Crippen MR) is 56.3 cm³/mol. The van der Waals surface area contributed by atoms with Crippen LogP contribution in [0.4, 0.5) is 0 Å². The van der Waals surface area contributed by atoms with E-state index in [1.807, 2.05) is 6.92 Å². The summed E-state index contributed by atoms with van der Waals surface area (Å²) in [6.45, 7) is 1.87. The highest BCUT2D eigenvalue weighted by Gasteiger charge is 2.32. The molecule has 0 spiro atoms. The molecule has 0 unspecified atom stereocenters. The maximum atomic E-state index is 11.3. The van der Waals surface area contributed by atoms with Gasteiger partial charge in [-0.15, -0.1) is 5.06 Å². The Hall–Kier alpha value is -1.72. The molecule has 0 aliphatic carbocycles. The molecule has 0 bridgehead atoms. The summed E-state index contributed by atoms with van der Waals surface area (Å²) in [6, 6.07) is 0. The second kappa shape index (κ2) is 6.12. The Bertz CT molecular complexity index is 334. The van der Waals surface area contributed by atoms with Gasteiger partial charge in [0.1, 0.15) is 5.78 Å². The fourth-order valence-corrected chi connectivity index (χ4v) is 1.45. The van der Waals surface area contributed by atoms with Crippen molar-refractivity contribution >= 4 is 23.6 Å². The van der Waals surface area contributed by atoms with Crippen molar-refractivity contribution in [2.45, 2.75) is 45.4 Å². The number of carbonyl (C=O) groups is 4. The number of nitrogens with zero attached hydrogens (tertiary/aromatic N) is 1. The largest absolute Gasteiger partial charge is 0.333 e. The number of ketones is 1. The highest BCUT2D eigenvalue weighted by Crippen LogP contribution is 2.13. The molecule has 1 saturated heterocycles. The zero-order valence-electron chi connectivity index (χ0n) is 9.73. The van der Waals surface area contributed by atoms with Crippen LogP contribution in [0.3, 0.4) is 0 Å². The molecule has 0 saturated carbocycles. The summed E-state index contributed by atoms with van der Waals surface area (Å²) < 4.78 is 0. The number of Topliss-reactive ketones (excluding diaryl/α,β-unsaturated/α-hetero) is 1. The Morgan fingerprint density at radius 3 is 2.24 bits per heavy atom. The van der Waals surface area contributed by atoms with Crippen molar-refractivity contribution in [1.82, 2.24) is 5.06 Å². The van der Waals surface area contributed by atoms with E-state index in [9.17, 15) is 19.2 Å². The van der Waals surface area contributed by atoms with Crippen LogP contribution in [0.2, 0.25) is 0 Å². The van der Waals surface area contributed by atoms with Gasteiger partial charge in [-0.25, -0.2) is 4.79 Å². The van der Waals surface area contributed by atoms with Crippen molar-refractivity contribution in [1.29, 1.82) is 0 Å². The molecule has 17 heavy (non-hydrogen) atoms. The number of hydrogen-bond donors (Lipinski definition) is 0. The van der Waals surface area contributed by atoms with Gasteiger partial charge in [-0.2, -0.15) is 0 Å². The molecule has 0 atom stereocenters. The Kier molecular flexibility index (Phi) is 4.81. The first-order chi connectivity index (χ1) is 8.04. The van der Waals surface area contributed by atoms with E-state index in [-0.39, 0.29) is 31.5 Å². The third kappa shape index (κ3) is 3.97. The van der Waals surface area contributed by atoms with Gasteiger partial charge in [0, 0.05) is 25.7 Å². The summed E-state index contributed by atoms with van der Waals surface area (Å²) in [4.78, 5) is 49.3. The SMILES string of the molecule is CCCC(=O)CCC(=O)ON1C(=O)CCC1=O. The maximum Gasteiger partial charge on any atom is 0.333 e. The Balaban J connectivity index is 2.32. The molecule has 94 valence electrons. The smallest absolute Gasteiger partial charge is 0.330 e. The van der Waals surface area contributed by atoms with Crippen molar-refractivity contribution < 1.29 is 24.0 Å². The first-order valence-electron chi connectivity index (χ1n) is 5.63. The molecule has 1 fully saturated rings. The monoisotopic (exact) mass is 241 g/mol. The highest BCUT2D eigenvalue weighted by molar-refractivity contribution is 6.01. The summed E-state index contributed by atoms with van der Waals surface area (Å²) >= 11 is 0. The van der Waals surface area contributed by atoms with Crippen LogP contribution in [-0.4, -0.2) is 28.6 Å². The third-order valence-electron chi connectivity index (χ3n) is 2.34. The summed E-state index contributed by atoms with van der Waals surface area (Å²) in [5.41, 5.74) is 0. The molecule has 0 aromatic heterocycles. The van der Waals surface area contributed by atoms with Gasteiger partial charge in [0.05, 0.1) is 6.42 Å². The molecule has 0 aromatic rings. The first-order valence-corrected chi connectivity index (χ1v) is 5.63. The van der Waals surface area contributed by atoms with Crippen LogP contribution >= 0.6 is 0 Å². The zero-order chi connectivity index (χ0) is 12.8. The lowest BCUT2D eigenvalue weighted by Gasteiger charge is -2.12. The van der Waals surface area contributed by atoms with Gasteiger partial charge in [-0.05, 0) is 6.42 Å². The van der Waals surface area contributed by atoms with Crippen molar-refractivity contribution in [2.75, 3.05) is 0 Å². The minimum absolute atomic E-state index is 0.0245. The topological polar surface area (TPSA) is 80.8 Å². The minimum Gasteiger partial charge on any atom is -0.330 e. The molecule has 1 aliphatic rings. The normalized spacial score (nSPS) is 15.2. The fraction of sp³-hybridized carbons (Fsp3) is 0.636. The van der Waals surface area contributed by atoms with E-state index in [4.69, 9.17) is 0 Å². The van der Waals surface area contributed by atoms with Gasteiger partial charge in [-0.3, -0.25) is 14.4 Å². The summed E-state index contributed by atoms with van der Waals surface area (Å²) in [5.74, 6) is -1.77. The lowest BCUT2D eigenvalue weighted by Crippen LogP contribution is -2.32. The standard InChI is InChI=1S/C11H15NO5/c1-2-3-8(13)4-7-11(16)17-12-9(14)5-6-10(12)15/h2-7H2,1H3. The van der Waals surface area contributed by atoms with Crippen LogP contribution < -0.4 is 0 Å². The molecule has 0 radical (unpaired) electrons. The zero-order valence-corrected chi connectivity index (χ0v) is 9.73. The van der Waals surface area contributed by atoms with Crippen LogP contribution in [0.1, 0.15) is 45.4 Å². The molecule has 1 aliphatic heterocycles. The quantitative estimate of drug-likeness (QED) is 0.641. The number of amides is 2.